The molecule has 0 aromatic heterocycles. The summed E-state index contributed by atoms with van der Waals surface area (Å²) in [6.07, 6.45) is 1.57. The van der Waals surface area contributed by atoms with Crippen LogP contribution in [-0.4, -0.2) is 11.9 Å². The summed E-state index contributed by atoms with van der Waals surface area (Å²) < 4.78 is 13.2. The number of carbonyl (C=O) groups excluding carboxylic acids is 1. The van der Waals surface area contributed by atoms with Crippen LogP contribution in [0.3, 0.4) is 0 Å². The molecular weight excluding hydrogens is 336 g/mol. The summed E-state index contributed by atoms with van der Waals surface area (Å²) in [7, 11) is 0. The van der Waals surface area contributed by atoms with Gasteiger partial charge in [-0.25, -0.2) is 4.39 Å². The van der Waals surface area contributed by atoms with Crippen LogP contribution in [0.15, 0.2) is 42.5 Å². The SMILES string of the molecule is CCC(CC)N(C(=O)c1ccc(Cl)cc1Cl)c1ccc(F)cc1. The van der Waals surface area contributed by atoms with Crippen molar-refractivity contribution in [2.45, 2.75) is 32.7 Å². The molecule has 23 heavy (non-hydrogen) atoms. The van der Waals surface area contributed by atoms with E-state index in [1.807, 2.05) is 13.8 Å². The van der Waals surface area contributed by atoms with E-state index in [1.165, 1.54) is 12.1 Å². The summed E-state index contributed by atoms with van der Waals surface area (Å²) in [6, 6.07) is 10.7. The second-order valence-electron chi connectivity index (χ2n) is 5.25. The van der Waals surface area contributed by atoms with Crippen molar-refractivity contribution in [3.8, 4) is 0 Å². The molecule has 0 aliphatic carbocycles. The zero-order valence-electron chi connectivity index (χ0n) is 13.0. The first-order valence-corrected chi connectivity index (χ1v) is 8.27. The lowest BCUT2D eigenvalue weighted by Crippen LogP contribution is -2.40. The Bertz CT molecular complexity index is 684. The molecule has 0 N–H and O–H groups in total. The third-order valence-corrected chi connectivity index (χ3v) is 4.34. The van der Waals surface area contributed by atoms with Crippen LogP contribution in [-0.2, 0) is 0 Å². The second-order valence-corrected chi connectivity index (χ2v) is 6.09. The smallest absolute Gasteiger partial charge is 0.260 e. The number of hydrogen-bond acceptors (Lipinski definition) is 1. The summed E-state index contributed by atoms with van der Waals surface area (Å²) >= 11 is 12.1. The van der Waals surface area contributed by atoms with E-state index in [1.54, 1.807) is 35.2 Å². The molecule has 0 fully saturated rings. The van der Waals surface area contributed by atoms with E-state index >= 15 is 0 Å². The summed E-state index contributed by atoms with van der Waals surface area (Å²) in [5, 5.41) is 0.781. The van der Waals surface area contributed by atoms with Gasteiger partial charge in [0.2, 0.25) is 0 Å². The van der Waals surface area contributed by atoms with Gasteiger partial charge in [-0.3, -0.25) is 4.79 Å². The van der Waals surface area contributed by atoms with Crippen molar-refractivity contribution in [3.63, 3.8) is 0 Å². The van der Waals surface area contributed by atoms with Crippen LogP contribution in [0.5, 0.6) is 0 Å². The van der Waals surface area contributed by atoms with Crippen molar-refractivity contribution in [2.75, 3.05) is 4.90 Å². The van der Waals surface area contributed by atoms with Crippen LogP contribution in [0.4, 0.5) is 10.1 Å². The Morgan fingerprint density at radius 1 is 1.09 bits per heavy atom. The molecule has 2 nitrogen and oxygen atoms in total. The van der Waals surface area contributed by atoms with Gasteiger partial charge in [0.05, 0.1) is 10.6 Å². The highest BCUT2D eigenvalue weighted by molar-refractivity contribution is 6.37. The molecule has 2 aromatic carbocycles. The standard InChI is InChI=1S/C18H18Cl2FNO/c1-3-14(4-2)22(15-8-6-13(21)7-9-15)18(23)16-10-5-12(19)11-17(16)20/h5-11,14H,3-4H2,1-2H3. The molecule has 2 rings (SSSR count). The quantitative estimate of drug-likeness (QED) is 0.648. The van der Waals surface area contributed by atoms with E-state index in [0.717, 1.165) is 12.8 Å². The molecule has 5 heteroatoms. The van der Waals surface area contributed by atoms with E-state index in [4.69, 9.17) is 23.2 Å². The van der Waals surface area contributed by atoms with E-state index in [2.05, 4.69) is 0 Å². The number of halogens is 3. The van der Waals surface area contributed by atoms with Crippen LogP contribution in [0.1, 0.15) is 37.0 Å². The van der Waals surface area contributed by atoms with E-state index in [0.29, 0.717) is 21.3 Å². The van der Waals surface area contributed by atoms with Gasteiger partial charge >= 0.3 is 0 Å². The lowest BCUT2D eigenvalue weighted by Gasteiger charge is -2.31. The maximum Gasteiger partial charge on any atom is 0.260 e. The van der Waals surface area contributed by atoms with Crippen molar-refractivity contribution < 1.29 is 9.18 Å². The fraction of sp³-hybridized carbons (Fsp3) is 0.278. The predicted molar refractivity (Wildman–Crippen MR) is 94.0 cm³/mol. The molecule has 0 bridgehead atoms. The highest BCUT2D eigenvalue weighted by Gasteiger charge is 2.25. The second kappa shape index (κ2) is 7.80. The molecule has 0 saturated carbocycles. The van der Waals surface area contributed by atoms with Gasteiger partial charge in [0.1, 0.15) is 5.82 Å². The first-order valence-electron chi connectivity index (χ1n) is 7.52. The molecule has 0 spiro atoms. The summed E-state index contributed by atoms with van der Waals surface area (Å²) in [4.78, 5) is 14.7. The van der Waals surface area contributed by atoms with Gasteiger partial charge in [-0.15, -0.1) is 0 Å². The first kappa shape index (κ1) is 17.8. The lowest BCUT2D eigenvalue weighted by atomic mass is 10.1. The van der Waals surface area contributed by atoms with Gasteiger partial charge in [0.25, 0.3) is 5.91 Å². The van der Waals surface area contributed by atoms with Gasteiger partial charge in [-0.05, 0) is 55.3 Å². The summed E-state index contributed by atoms with van der Waals surface area (Å²) in [5.41, 5.74) is 1.03. The predicted octanol–water partition coefficient (Wildman–Crippen LogP) is 5.97. The van der Waals surface area contributed by atoms with Gasteiger partial charge in [0.15, 0.2) is 0 Å². The number of rotatable bonds is 5. The van der Waals surface area contributed by atoms with E-state index in [9.17, 15) is 9.18 Å². The van der Waals surface area contributed by atoms with Crippen LogP contribution in [0.2, 0.25) is 10.0 Å². The lowest BCUT2D eigenvalue weighted by molar-refractivity contribution is 0.0975. The molecule has 0 saturated heterocycles. The van der Waals surface area contributed by atoms with Gasteiger partial charge in [0, 0.05) is 16.8 Å². The van der Waals surface area contributed by atoms with Crippen molar-refractivity contribution in [2.24, 2.45) is 0 Å². The number of hydrogen-bond donors (Lipinski definition) is 0. The van der Waals surface area contributed by atoms with Gasteiger partial charge < -0.3 is 4.90 Å². The average molecular weight is 354 g/mol. The highest BCUT2D eigenvalue weighted by atomic mass is 35.5. The van der Waals surface area contributed by atoms with Crippen molar-refractivity contribution >= 4 is 34.8 Å². The highest BCUT2D eigenvalue weighted by Crippen LogP contribution is 2.28. The van der Waals surface area contributed by atoms with Gasteiger partial charge in [-0.1, -0.05) is 37.0 Å². The largest absolute Gasteiger partial charge is 0.305 e. The number of carbonyl (C=O) groups is 1. The Morgan fingerprint density at radius 3 is 2.22 bits per heavy atom. The zero-order valence-corrected chi connectivity index (χ0v) is 14.5. The minimum Gasteiger partial charge on any atom is -0.305 e. The molecule has 122 valence electrons. The fourth-order valence-corrected chi connectivity index (χ4v) is 3.03. The molecule has 0 heterocycles. The summed E-state index contributed by atoms with van der Waals surface area (Å²) in [6.45, 7) is 4.03. The number of anilines is 1. The number of nitrogens with zero attached hydrogens (tertiary/aromatic N) is 1. The Balaban J connectivity index is 2.48. The molecule has 2 aromatic rings. The van der Waals surface area contributed by atoms with Gasteiger partial charge in [-0.2, -0.15) is 0 Å². The van der Waals surface area contributed by atoms with Crippen molar-refractivity contribution in [1.82, 2.24) is 0 Å². The van der Waals surface area contributed by atoms with Crippen molar-refractivity contribution in [3.05, 3.63) is 63.9 Å². The molecule has 0 atom stereocenters. The van der Waals surface area contributed by atoms with E-state index < -0.39 is 0 Å². The van der Waals surface area contributed by atoms with Crippen LogP contribution >= 0.6 is 23.2 Å². The minimum absolute atomic E-state index is 0.000272. The van der Waals surface area contributed by atoms with Crippen LogP contribution < -0.4 is 4.90 Å². The van der Waals surface area contributed by atoms with Crippen LogP contribution in [0, 0.1) is 5.82 Å². The van der Waals surface area contributed by atoms with E-state index in [-0.39, 0.29) is 17.8 Å². The molecule has 0 radical (unpaired) electrons. The topological polar surface area (TPSA) is 20.3 Å². The monoisotopic (exact) mass is 353 g/mol. The molecule has 1 amide bonds. The Morgan fingerprint density at radius 2 is 1.70 bits per heavy atom. The molecule has 0 aliphatic rings. The average Bonchev–Trinajstić information content (AvgIpc) is 2.53. The third kappa shape index (κ3) is 4.04. The Hall–Kier alpha value is -1.58. The molecule has 0 unspecified atom stereocenters. The van der Waals surface area contributed by atoms with Crippen molar-refractivity contribution in [1.29, 1.82) is 0 Å². The fourth-order valence-electron chi connectivity index (χ4n) is 2.54. The number of amides is 1. The first-order chi connectivity index (χ1) is 11.0. The van der Waals surface area contributed by atoms with Crippen LogP contribution in [0.25, 0.3) is 0 Å². The zero-order chi connectivity index (χ0) is 17.0. The molecule has 0 aliphatic heterocycles. The minimum atomic E-state index is -0.338. The number of benzene rings is 2. The summed E-state index contributed by atoms with van der Waals surface area (Å²) in [5.74, 6) is -0.554. The maximum atomic E-state index is 13.2. The third-order valence-electron chi connectivity index (χ3n) is 3.79. The maximum absolute atomic E-state index is 13.2. The Labute approximate surface area is 145 Å². The normalized spacial score (nSPS) is 10.9. The Kier molecular flexibility index (Phi) is 6.03. The molecular formula is C18H18Cl2FNO.